The zero-order valence-electron chi connectivity index (χ0n) is 18.1. The summed E-state index contributed by atoms with van der Waals surface area (Å²) < 4.78 is 1.84. The fourth-order valence-electron chi connectivity index (χ4n) is 4.24. The van der Waals surface area contributed by atoms with Crippen molar-refractivity contribution < 1.29 is 0 Å². The highest BCUT2D eigenvalue weighted by Gasteiger charge is 2.35. The molecule has 1 aromatic heterocycles. The Labute approximate surface area is 192 Å². The quantitative estimate of drug-likeness (QED) is 0.339. The van der Waals surface area contributed by atoms with Gasteiger partial charge in [-0.1, -0.05) is 43.2 Å². The number of benzene rings is 1. The molecule has 0 radical (unpaired) electrons. The smallest absolute Gasteiger partial charge is 0.193 e. The van der Waals surface area contributed by atoms with Crippen LogP contribution in [0.15, 0.2) is 47.7 Å². The van der Waals surface area contributed by atoms with E-state index >= 15 is 0 Å². The molecule has 1 aliphatic rings. The highest BCUT2D eigenvalue weighted by atomic mass is 127. The van der Waals surface area contributed by atoms with Crippen molar-refractivity contribution >= 4 is 29.9 Å². The SMILES string of the molecule is CN=C(NCC1(NC(C)c2ccccc2)CCCC1)N(C)Cc1cnn(C)c1.I. The van der Waals surface area contributed by atoms with Gasteiger partial charge in [-0.25, -0.2) is 0 Å². The molecule has 0 amide bonds. The lowest BCUT2D eigenvalue weighted by molar-refractivity contribution is 0.293. The van der Waals surface area contributed by atoms with Crippen LogP contribution in [-0.2, 0) is 13.6 Å². The maximum atomic E-state index is 4.50. The minimum absolute atomic E-state index is 0. The first-order valence-corrected chi connectivity index (χ1v) is 10.2. The van der Waals surface area contributed by atoms with Crippen LogP contribution in [0.25, 0.3) is 0 Å². The molecule has 6 nitrogen and oxygen atoms in total. The molecule has 160 valence electrons. The summed E-state index contributed by atoms with van der Waals surface area (Å²) in [4.78, 5) is 6.65. The second-order valence-electron chi connectivity index (χ2n) is 8.04. The summed E-state index contributed by atoms with van der Waals surface area (Å²) in [6, 6.07) is 11.0. The highest BCUT2D eigenvalue weighted by molar-refractivity contribution is 14.0. The topological polar surface area (TPSA) is 57.5 Å². The van der Waals surface area contributed by atoms with Crippen LogP contribution in [0.2, 0.25) is 0 Å². The van der Waals surface area contributed by atoms with E-state index in [9.17, 15) is 0 Å². The summed E-state index contributed by atoms with van der Waals surface area (Å²) >= 11 is 0. The van der Waals surface area contributed by atoms with Gasteiger partial charge < -0.3 is 15.5 Å². The van der Waals surface area contributed by atoms with Gasteiger partial charge >= 0.3 is 0 Å². The van der Waals surface area contributed by atoms with Crippen molar-refractivity contribution in [3.8, 4) is 0 Å². The molecular weight excluding hydrogens is 475 g/mol. The summed E-state index contributed by atoms with van der Waals surface area (Å²) in [6.07, 6.45) is 8.90. The normalized spacial score (nSPS) is 16.9. The first-order valence-electron chi connectivity index (χ1n) is 10.2. The number of guanidine groups is 1. The van der Waals surface area contributed by atoms with E-state index in [4.69, 9.17) is 0 Å². The minimum Gasteiger partial charge on any atom is -0.354 e. The molecule has 2 N–H and O–H groups in total. The van der Waals surface area contributed by atoms with E-state index < -0.39 is 0 Å². The lowest BCUT2D eigenvalue weighted by Crippen LogP contribution is -2.54. The number of aliphatic imine (C=N–C) groups is 1. The van der Waals surface area contributed by atoms with Crippen LogP contribution in [0, 0.1) is 0 Å². The van der Waals surface area contributed by atoms with Crippen molar-refractivity contribution in [2.24, 2.45) is 12.0 Å². The summed E-state index contributed by atoms with van der Waals surface area (Å²) in [7, 11) is 5.87. The lowest BCUT2D eigenvalue weighted by Gasteiger charge is -2.35. The molecule has 0 spiro atoms. The van der Waals surface area contributed by atoms with Crippen molar-refractivity contribution in [1.29, 1.82) is 0 Å². The molecule has 1 aliphatic carbocycles. The van der Waals surface area contributed by atoms with Crippen molar-refractivity contribution in [1.82, 2.24) is 25.3 Å². The summed E-state index contributed by atoms with van der Waals surface area (Å²) in [5, 5.41) is 11.8. The molecule has 0 saturated heterocycles. The molecule has 7 heteroatoms. The summed E-state index contributed by atoms with van der Waals surface area (Å²) in [6.45, 7) is 3.93. The number of aromatic nitrogens is 2. The number of halogens is 1. The number of rotatable bonds is 7. The average Bonchev–Trinajstić information content (AvgIpc) is 3.32. The van der Waals surface area contributed by atoms with Gasteiger partial charge in [0.15, 0.2) is 5.96 Å². The molecule has 29 heavy (non-hydrogen) atoms. The fraction of sp³-hybridized carbons (Fsp3) is 0.545. The fourth-order valence-corrected chi connectivity index (χ4v) is 4.24. The second kappa shape index (κ2) is 11.0. The van der Waals surface area contributed by atoms with Gasteiger partial charge in [0.05, 0.1) is 6.20 Å². The summed E-state index contributed by atoms with van der Waals surface area (Å²) in [5.41, 5.74) is 2.63. The van der Waals surface area contributed by atoms with Gasteiger partial charge in [-0.05, 0) is 25.3 Å². The van der Waals surface area contributed by atoms with Gasteiger partial charge in [-0.2, -0.15) is 5.10 Å². The first-order chi connectivity index (χ1) is 13.5. The van der Waals surface area contributed by atoms with Crippen molar-refractivity contribution in [3.05, 3.63) is 53.9 Å². The highest BCUT2D eigenvalue weighted by Crippen LogP contribution is 2.31. The largest absolute Gasteiger partial charge is 0.354 e. The Morgan fingerprint density at radius 1 is 1.28 bits per heavy atom. The van der Waals surface area contributed by atoms with Gasteiger partial charge in [-0.15, -0.1) is 24.0 Å². The number of nitrogens with one attached hydrogen (secondary N) is 2. The lowest BCUT2D eigenvalue weighted by atomic mass is 9.94. The molecule has 0 bridgehead atoms. The number of hydrogen-bond acceptors (Lipinski definition) is 3. The molecule has 1 unspecified atom stereocenters. The third-order valence-electron chi connectivity index (χ3n) is 5.72. The van der Waals surface area contributed by atoms with Crippen molar-refractivity contribution in [3.63, 3.8) is 0 Å². The van der Waals surface area contributed by atoms with E-state index in [2.05, 4.69) is 69.9 Å². The standard InChI is InChI=1S/C22H34N6.HI/c1-18(20-10-6-5-7-11-20)26-22(12-8-9-13-22)17-24-21(23-2)27(3)15-19-14-25-28(4)16-19;/h5-7,10-11,14,16,18,26H,8-9,12-13,15,17H2,1-4H3,(H,23,24);1H. The van der Waals surface area contributed by atoms with Crippen LogP contribution in [0.4, 0.5) is 0 Å². The average molecular weight is 510 g/mol. The molecule has 1 aromatic carbocycles. The zero-order chi connectivity index (χ0) is 20.0. The van der Waals surface area contributed by atoms with E-state index in [-0.39, 0.29) is 29.5 Å². The molecule has 1 saturated carbocycles. The van der Waals surface area contributed by atoms with Crippen LogP contribution < -0.4 is 10.6 Å². The van der Waals surface area contributed by atoms with Gasteiger partial charge in [-0.3, -0.25) is 9.67 Å². The Kier molecular flexibility index (Phi) is 8.95. The minimum atomic E-state index is 0. The van der Waals surface area contributed by atoms with Gasteiger partial charge in [0.2, 0.25) is 0 Å². The zero-order valence-corrected chi connectivity index (χ0v) is 20.4. The molecule has 3 rings (SSSR count). The summed E-state index contributed by atoms with van der Waals surface area (Å²) in [5.74, 6) is 0.921. The maximum absolute atomic E-state index is 4.50. The Morgan fingerprint density at radius 3 is 2.55 bits per heavy atom. The molecule has 1 heterocycles. The predicted octanol–water partition coefficient (Wildman–Crippen LogP) is 3.71. The van der Waals surface area contributed by atoms with E-state index in [1.165, 1.54) is 36.8 Å². The molecule has 2 aromatic rings. The van der Waals surface area contributed by atoms with E-state index in [0.717, 1.165) is 19.0 Å². The van der Waals surface area contributed by atoms with Crippen molar-refractivity contribution in [2.75, 3.05) is 20.6 Å². The van der Waals surface area contributed by atoms with Gasteiger partial charge in [0.25, 0.3) is 0 Å². The Balaban J connectivity index is 0.00000300. The molecule has 0 aliphatic heterocycles. The maximum Gasteiger partial charge on any atom is 0.193 e. The number of nitrogens with zero attached hydrogens (tertiary/aromatic N) is 4. The molecule has 1 fully saturated rings. The van der Waals surface area contributed by atoms with Crippen molar-refractivity contribution in [2.45, 2.75) is 50.7 Å². The third kappa shape index (κ3) is 6.44. The molecular formula is C22H35IN6. The van der Waals surface area contributed by atoms with E-state index in [0.29, 0.717) is 6.04 Å². The van der Waals surface area contributed by atoms with E-state index in [1.54, 1.807) is 0 Å². The van der Waals surface area contributed by atoms with Gasteiger partial charge in [0, 0.05) is 57.6 Å². The van der Waals surface area contributed by atoms with E-state index in [1.807, 2.05) is 31.2 Å². The van der Waals surface area contributed by atoms with Crippen LogP contribution in [0.5, 0.6) is 0 Å². The Bertz CT molecular complexity index is 767. The third-order valence-corrected chi connectivity index (χ3v) is 5.72. The molecule has 1 atom stereocenters. The van der Waals surface area contributed by atoms with Crippen LogP contribution in [0.1, 0.15) is 49.8 Å². The van der Waals surface area contributed by atoms with Crippen LogP contribution >= 0.6 is 24.0 Å². The Morgan fingerprint density at radius 2 is 1.97 bits per heavy atom. The predicted molar refractivity (Wildman–Crippen MR) is 131 cm³/mol. The number of hydrogen-bond donors (Lipinski definition) is 2. The van der Waals surface area contributed by atoms with Crippen LogP contribution in [-0.4, -0.2) is 46.8 Å². The second-order valence-corrected chi connectivity index (χ2v) is 8.04. The Hall–Kier alpha value is -1.61. The van der Waals surface area contributed by atoms with Gasteiger partial charge in [0.1, 0.15) is 0 Å². The van der Waals surface area contributed by atoms with Crippen LogP contribution in [0.3, 0.4) is 0 Å². The number of aryl methyl sites for hydroxylation is 1. The monoisotopic (exact) mass is 510 g/mol. The first kappa shape index (κ1) is 23.7.